The number of hydrogen-bond acceptors (Lipinski definition) is 6. The Balaban J connectivity index is 1.60. The van der Waals surface area contributed by atoms with Crippen molar-refractivity contribution in [1.29, 1.82) is 0 Å². The van der Waals surface area contributed by atoms with Crippen LogP contribution in [-0.2, 0) is 27.5 Å². The summed E-state index contributed by atoms with van der Waals surface area (Å²) in [5.41, 5.74) is 13.2. The van der Waals surface area contributed by atoms with Crippen LogP contribution in [0.2, 0.25) is 0 Å². The average molecular weight is 398 g/mol. The van der Waals surface area contributed by atoms with E-state index in [-0.39, 0.29) is 19.2 Å². The van der Waals surface area contributed by atoms with Crippen molar-refractivity contribution < 1.29 is 19.1 Å². The highest BCUT2D eigenvalue weighted by atomic mass is 16.5. The third-order valence-electron chi connectivity index (χ3n) is 3.92. The molecule has 0 aromatic heterocycles. The number of amides is 1. The fourth-order valence-electron chi connectivity index (χ4n) is 2.37. The monoisotopic (exact) mass is 398 g/mol. The molecule has 29 heavy (non-hydrogen) atoms. The maximum Gasteiger partial charge on any atom is 0.414 e. The highest BCUT2D eigenvalue weighted by Crippen LogP contribution is 2.04. The van der Waals surface area contributed by atoms with Gasteiger partial charge in [-0.3, -0.25) is 15.1 Å². The van der Waals surface area contributed by atoms with E-state index in [1.807, 2.05) is 60.7 Å². The van der Waals surface area contributed by atoms with E-state index in [0.717, 1.165) is 11.1 Å². The lowest BCUT2D eigenvalue weighted by molar-refractivity contribution is -0.146. The summed E-state index contributed by atoms with van der Waals surface area (Å²) in [6.45, 7) is 0.637. The molecule has 2 rings (SSSR count). The lowest BCUT2D eigenvalue weighted by Crippen LogP contribution is -2.37. The highest BCUT2D eigenvalue weighted by Gasteiger charge is 2.14. The number of nitrogens with two attached hydrogens (primary N) is 2. The number of carbonyl (C=O) groups excluding carboxylic acids is 2. The van der Waals surface area contributed by atoms with Crippen LogP contribution in [0.1, 0.15) is 24.0 Å². The highest BCUT2D eigenvalue weighted by molar-refractivity contribution is 5.92. The Bertz CT molecular complexity index is 797. The van der Waals surface area contributed by atoms with Gasteiger partial charge in [0.15, 0.2) is 5.96 Å². The number of esters is 1. The Hall–Kier alpha value is -3.39. The number of nitrogens with zero attached hydrogens (tertiary/aromatic N) is 1. The summed E-state index contributed by atoms with van der Waals surface area (Å²) < 4.78 is 10.2. The molecule has 0 bridgehead atoms. The number of guanidine groups is 1. The molecule has 0 saturated carbocycles. The van der Waals surface area contributed by atoms with Gasteiger partial charge < -0.3 is 20.9 Å². The molecule has 0 spiro atoms. The van der Waals surface area contributed by atoms with Crippen LogP contribution in [0.4, 0.5) is 4.79 Å². The molecule has 0 radical (unpaired) electrons. The first-order valence-corrected chi connectivity index (χ1v) is 9.28. The van der Waals surface area contributed by atoms with Crippen LogP contribution in [0.15, 0.2) is 65.7 Å². The maximum absolute atomic E-state index is 11.9. The topological polar surface area (TPSA) is 129 Å². The lowest BCUT2D eigenvalue weighted by atomic mass is 10.1. The summed E-state index contributed by atoms with van der Waals surface area (Å²) >= 11 is 0. The van der Waals surface area contributed by atoms with Crippen LogP contribution in [0.5, 0.6) is 0 Å². The van der Waals surface area contributed by atoms with Gasteiger partial charge in [-0.05, 0) is 24.0 Å². The van der Waals surface area contributed by atoms with E-state index in [9.17, 15) is 9.59 Å². The van der Waals surface area contributed by atoms with Gasteiger partial charge in [0.2, 0.25) is 0 Å². The molecular weight excluding hydrogens is 372 g/mol. The van der Waals surface area contributed by atoms with Gasteiger partial charge in [0.25, 0.3) is 0 Å². The third-order valence-corrected chi connectivity index (χ3v) is 3.92. The van der Waals surface area contributed by atoms with Crippen molar-refractivity contribution in [2.24, 2.45) is 16.5 Å². The summed E-state index contributed by atoms with van der Waals surface area (Å²) in [5, 5.41) is 2.34. The zero-order valence-corrected chi connectivity index (χ0v) is 16.1. The molecule has 8 heteroatoms. The maximum atomic E-state index is 11.9. The second-order valence-corrected chi connectivity index (χ2v) is 6.30. The summed E-state index contributed by atoms with van der Waals surface area (Å²) in [5.74, 6) is -0.517. The number of ether oxygens (including phenoxy) is 2. The Labute approximate surface area is 169 Å². The molecule has 0 aliphatic rings. The minimum Gasteiger partial charge on any atom is -0.460 e. The predicted octanol–water partition coefficient (Wildman–Crippen LogP) is 2.08. The van der Waals surface area contributed by atoms with E-state index >= 15 is 0 Å². The van der Waals surface area contributed by atoms with E-state index in [0.29, 0.717) is 19.4 Å². The SMILES string of the molecule is NC(=NCCC[C@H](N)C(=O)OCc1ccccc1)NC(=O)OCc1ccccc1. The van der Waals surface area contributed by atoms with Gasteiger partial charge in [0.1, 0.15) is 19.3 Å². The Kier molecular flexibility index (Phi) is 9.17. The predicted molar refractivity (Wildman–Crippen MR) is 110 cm³/mol. The number of benzene rings is 2. The quantitative estimate of drug-likeness (QED) is 0.257. The van der Waals surface area contributed by atoms with Crippen LogP contribution in [-0.4, -0.2) is 30.6 Å². The first-order chi connectivity index (χ1) is 14.0. The van der Waals surface area contributed by atoms with Crippen molar-refractivity contribution in [3.05, 3.63) is 71.8 Å². The summed E-state index contributed by atoms with van der Waals surface area (Å²) in [7, 11) is 0. The van der Waals surface area contributed by atoms with Crippen molar-refractivity contribution in [3.63, 3.8) is 0 Å². The first-order valence-electron chi connectivity index (χ1n) is 9.28. The fourth-order valence-corrected chi connectivity index (χ4v) is 2.37. The van der Waals surface area contributed by atoms with Crippen molar-refractivity contribution in [2.75, 3.05) is 6.54 Å². The number of rotatable bonds is 9. The van der Waals surface area contributed by atoms with Crippen molar-refractivity contribution in [3.8, 4) is 0 Å². The minimum absolute atomic E-state index is 0.0525. The molecule has 1 atom stereocenters. The Morgan fingerprint density at radius 1 is 0.931 bits per heavy atom. The second-order valence-electron chi connectivity index (χ2n) is 6.30. The third kappa shape index (κ3) is 8.89. The zero-order valence-electron chi connectivity index (χ0n) is 16.1. The standard InChI is InChI=1S/C21H26N4O4/c22-18(19(26)28-14-16-8-3-1-4-9-16)12-7-13-24-20(23)25-21(27)29-15-17-10-5-2-6-11-17/h1-6,8-11,18H,7,12-15,22H2,(H3,23,24,25,27)/t18-/m0/s1. The molecule has 0 saturated heterocycles. The van der Waals surface area contributed by atoms with Crippen LogP contribution < -0.4 is 16.8 Å². The van der Waals surface area contributed by atoms with E-state index < -0.39 is 18.1 Å². The molecule has 1 amide bonds. The van der Waals surface area contributed by atoms with Crippen molar-refractivity contribution in [1.82, 2.24) is 5.32 Å². The smallest absolute Gasteiger partial charge is 0.414 e. The van der Waals surface area contributed by atoms with Crippen LogP contribution in [0.25, 0.3) is 0 Å². The second kappa shape index (κ2) is 12.1. The molecule has 154 valence electrons. The van der Waals surface area contributed by atoms with Gasteiger partial charge in [0, 0.05) is 6.54 Å². The molecule has 2 aromatic carbocycles. The van der Waals surface area contributed by atoms with E-state index in [2.05, 4.69) is 10.3 Å². The van der Waals surface area contributed by atoms with Gasteiger partial charge in [-0.2, -0.15) is 0 Å². The largest absolute Gasteiger partial charge is 0.460 e. The summed E-state index contributed by atoms with van der Waals surface area (Å²) in [6, 6.07) is 17.9. The molecule has 0 aliphatic heterocycles. The van der Waals surface area contributed by atoms with Crippen LogP contribution in [0, 0.1) is 0 Å². The van der Waals surface area contributed by atoms with E-state index in [1.165, 1.54) is 0 Å². The van der Waals surface area contributed by atoms with Gasteiger partial charge >= 0.3 is 12.1 Å². The van der Waals surface area contributed by atoms with Crippen LogP contribution >= 0.6 is 0 Å². The Morgan fingerprint density at radius 2 is 1.48 bits per heavy atom. The summed E-state index contributed by atoms with van der Waals surface area (Å²) in [4.78, 5) is 27.6. The van der Waals surface area contributed by atoms with E-state index in [1.54, 1.807) is 0 Å². The van der Waals surface area contributed by atoms with Gasteiger partial charge in [-0.25, -0.2) is 4.79 Å². The first kappa shape index (κ1) is 21.9. The minimum atomic E-state index is -0.737. The molecule has 0 fully saturated rings. The van der Waals surface area contributed by atoms with Gasteiger partial charge in [-0.15, -0.1) is 0 Å². The van der Waals surface area contributed by atoms with Crippen LogP contribution in [0.3, 0.4) is 0 Å². The van der Waals surface area contributed by atoms with E-state index in [4.69, 9.17) is 20.9 Å². The normalized spacial score (nSPS) is 12.1. The lowest BCUT2D eigenvalue weighted by Gasteiger charge is -2.11. The fraction of sp³-hybridized carbons (Fsp3) is 0.286. The van der Waals surface area contributed by atoms with Gasteiger partial charge in [-0.1, -0.05) is 60.7 Å². The summed E-state index contributed by atoms with van der Waals surface area (Å²) in [6.07, 6.45) is 0.225. The van der Waals surface area contributed by atoms with Crippen molar-refractivity contribution in [2.45, 2.75) is 32.1 Å². The number of nitrogens with one attached hydrogen (secondary N) is 1. The molecular formula is C21H26N4O4. The van der Waals surface area contributed by atoms with Crippen molar-refractivity contribution >= 4 is 18.0 Å². The molecule has 2 aromatic rings. The average Bonchev–Trinajstić information content (AvgIpc) is 2.75. The Morgan fingerprint density at radius 3 is 2.07 bits per heavy atom. The molecule has 8 nitrogen and oxygen atoms in total. The molecule has 5 N–H and O–H groups in total. The molecule has 0 unspecified atom stereocenters. The zero-order chi connectivity index (χ0) is 20.9. The number of aliphatic imine (C=N–C) groups is 1. The number of hydrogen-bond donors (Lipinski definition) is 3. The molecule has 0 heterocycles. The molecule has 0 aliphatic carbocycles. The van der Waals surface area contributed by atoms with Gasteiger partial charge in [0.05, 0.1) is 0 Å². The number of alkyl carbamates (subject to hydrolysis) is 1. The number of carbonyl (C=O) groups is 2.